The molecule has 0 saturated carbocycles. The fourth-order valence-corrected chi connectivity index (χ4v) is 3.01. The Balaban J connectivity index is 1.48. The van der Waals surface area contributed by atoms with Crippen molar-refractivity contribution in [1.29, 1.82) is 0 Å². The van der Waals surface area contributed by atoms with Crippen LogP contribution in [0.3, 0.4) is 0 Å². The number of aryl methyl sites for hydroxylation is 2. The summed E-state index contributed by atoms with van der Waals surface area (Å²) >= 11 is 0. The minimum Gasteiger partial charge on any atom is -0.481 e. The van der Waals surface area contributed by atoms with Gasteiger partial charge in [-0.3, -0.25) is 0 Å². The maximum atomic E-state index is 12.1. The van der Waals surface area contributed by atoms with Gasteiger partial charge in [-0.1, -0.05) is 18.2 Å². The first-order valence-corrected chi connectivity index (χ1v) is 9.31. The molecule has 0 aromatic heterocycles. The maximum absolute atomic E-state index is 12.1. The maximum Gasteiger partial charge on any atom is 0.349 e. The molecule has 1 fully saturated rings. The second kappa shape index (κ2) is 9.37. The third-order valence-electron chi connectivity index (χ3n) is 4.49. The Morgan fingerprint density at radius 1 is 1.07 bits per heavy atom. The van der Waals surface area contributed by atoms with Crippen molar-refractivity contribution in [3.63, 3.8) is 0 Å². The van der Waals surface area contributed by atoms with E-state index in [1.165, 1.54) is 0 Å². The first-order chi connectivity index (χ1) is 13.5. The Morgan fingerprint density at radius 2 is 1.79 bits per heavy atom. The van der Waals surface area contributed by atoms with Gasteiger partial charge in [0.05, 0.1) is 11.7 Å². The van der Waals surface area contributed by atoms with Crippen LogP contribution in [0, 0.1) is 13.8 Å². The topological polar surface area (TPSA) is 71.1 Å². The molecule has 1 atom stereocenters. The molecule has 0 aliphatic carbocycles. The van der Waals surface area contributed by atoms with Gasteiger partial charge in [-0.25, -0.2) is 9.59 Å². The quantitative estimate of drug-likeness (QED) is 0.536. The SMILES string of the molecule is Cc1cccc(C)c1OCC(=O)Oc1ccc(C(=O)OCC2CCCO2)cc1. The summed E-state index contributed by atoms with van der Waals surface area (Å²) in [6.07, 6.45) is 1.89. The summed E-state index contributed by atoms with van der Waals surface area (Å²) < 4.78 is 21.5. The van der Waals surface area contributed by atoms with Gasteiger partial charge in [0.15, 0.2) is 6.61 Å². The van der Waals surface area contributed by atoms with E-state index in [9.17, 15) is 9.59 Å². The summed E-state index contributed by atoms with van der Waals surface area (Å²) in [6.45, 7) is 4.62. The van der Waals surface area contributed by atoms with Crippen molar-refractivity contribution < 1.29 is 28.5 Å². The number of rotatable bonds is 7. The standard InChI is InChI=1S/C22H24O6/c1-15-5-3-6-16(2)21(15)26-14-20(23)28-18-10-8-17(9-11-18)22(24)27-13-19-7-4-12-25-19/h3,5-6,8-11,19H,4,7,12-14H2,1-2H3. The van der Waals surface area contributed by atoms with Crippen LogP contribution in [-0.2, 0) is 14.3 Å². The number of benzene rings is 2. The lowest BCUT2D eigenvalue weighted by Gasteiger charge is -2.12. The van der Waals surface area contributed by atoms with Crippen molar-refractivity contribution in [2.45, 2.75) is 32.8 Å². The number of carbonyl (C=O) groups excluding carboxylic acids is 2. The molecule has 28 heavy (non-hydrogen) atoms. The minimum absolute atomic E-state index is 0.0129. The van der Waals surface area contributed by atoms with Crippen LogP contribution in [0.2, 0.25) is 0 Å². The molecule has 6 heteroatoms. The highest BCUT2D eigenvalue weighted by molar-refractivity contribution is 5.89. The summed E-state index contributed by atoms with van der Waals surface area (Å²) in [4.78, 5) is 24.1. The average Bonchev–Trinajstić information content (AvgIpc) is 3.20. The lowest BCUT2D eigenvalue weighted by atomic mass is 10.1. The zero-order valence-corrected chi connectivity index (χ0v) is 16.1. The highest BCUT2D eigenvalue weighted by Crippen LogP contribution is 2.22. The molecule has 0 N–H and O–H groups in total. The monoisotopic (exact) mass is 384 g/mol. The van der Waals surface area contributed by atoms with E-state index in [1.54, 1.807) is 24.3 Å². The number of hydrogen-bond donors (Lipinski definition) is 0. The molecule has 0 amide bonds. The molecule has 0 spiro atoms. The fourth-order valence-electron chi connectivity index (χ4n) is 3.01. The van der Waals surface area contributed by atoms with E-state index < -0.39 is 11.9 Å². The van der Waals surface area contributed by atoms with Crippen LogP contribution in [0.25, 0.3) is 0 Å². The number of para-hydroxylation sites is 1. The van der Waals surface area contributed by atoms with Crippen LogP contribution in [0.4, 0.5) is 0 Å². The molecule has 2 aromatic carbocycles. The number of carbonyl (C=O) groups is 2. The molecule has 1 aliphatic rings. The van der Waals surface area contributed by atoms with E-state index in [2.05, 4.69) is 0 Å². The first-order valence-electron chi connectivity index (χ1n) is 9.31. The lowest BCUT2D eigenvalue weighted by Crippen LogP contribution is -2.19. The molecule has 0 radical (unpaired) electrons. The average molecular weight is 384 g/mol. The van der Waals surface area contributed by atoms with Crippen LogP contribution < -0.4 is 9.47 Å². The van der Waals surface area contributed by atoms with Crippen LogP contribution in [0.1, 0.15) is 34.3 Å². The third-order valence-corrected chi connectivity index (χ3v) is 4.49. The summed E-state index contributed by atoms with van der Waals surface area (Å²) in [5.74, 6) is 0.0812. The van der Waals surface area contributed by atoms with Gasteiger partial charge in [-0.2, -0.15) is 0 Å². The second-order valence-corrected chi connectivity index (χ2v) is 6.74. The van der Waals surface area contributed by atoms with Crippen molar-refractivity contribution >= 4 is 11.9 Å². The molecule has 6 nitrogen and oxygen atoms in total. The van der Waals surface area contributed by atoms with Gasteiger partial charge >= 0.3 is 11.9 Å². The molecule has 1 heterocycles. The van der Waals surface area contributed by atoms with Gasteiger partial charge in [-0.15, -0.1) is 0 Å². The molecule has 1 unspecified atom stereocenters. The fraction of sp³-hybridized carbons (Fsp3) is 0.364. The normalized spacial score (nSPS) is 15.9. The largest absolute Gasteiger partial charge is 0.481 e. The Bertz CT molecular complexity index is 801. The van der Waals surface area contributed by atoms with Gasteiger partial charge < -0.3 is 18.9 Å². The Hall–Kier alpha value is -2.86. The summed E-state index contributed by atoms with van der Waals surface area (Å²) in [7, 11) is 0. The van der Waals surface area contributed by atoms with Crippen molar-refractivity contribution in [1.82, 2.24) is 0 Å². The van der Waals surface area contributed by atoms with E-state index >= 15 is 0 Å². The number of esters is 2. The van der Waals surface area contributed by atoms with Gasteiger partial charge in [0.2, 0.25) is 0 Å². The number of hydrogen-bond acceptors (Lipinski definition) is 6. The summed E-state index contributed by atoms with van der Waals surface area (Å²) in [6, 6.07) is 12.0. The van der Waals surface area contributed by atoms with Crippen LogP contribution in [0.15, 0.2) is 42.5 Å². The van der Waals surface area contributed by atoms with Crippen molar-refractivity contribution in [3.8, 4) is 11.5 Å². The predicted octanol–water partition coefficient (Wildman–Crippen LogP) is 3.62. The van der Waals surface area contributed by atoms with E-state index in [0.717, 1.165) is 30.6 Å². The molecular weight excluding hydrogens is 360 g/mol. The molecule has 148 valence electrons. The zero-order chi connectivity index (χ0) is 19.9. The first kappa shape index (κ1) is 19.9. The van der Waals surface area contributed by atoms with E-state index in [1.807, 2.05) is 32.0 Å². The van der Waals surface area contributed by atoms with Gasteiger partial charge in [0, 0.05) is 6.61 Å². The van der Waals surface area contributed by atoms with Crippen LogP contribution in [0.5, 0.6) is 11.5 Å². The molecule has 2 aromatic rings. The van der Waals surface area contributed by atoms with Gasteiger partial charge in [-0.05, 0) is 62.1 Å². The third kappa shape index (κ3) is 5.33. The minimum atomic E-state index is -0.517. The highest BCUT2D eigenvalue weighted by atomic mass is 16.6. The Labute approximate surface area is 164 Å². The zero-order valence-electron chi connectivity index (χ0n) is 16.1. The van der Waals surface area contributed by atoms with Gasteiger partial charge in [0.1, 0.15) is 18.1 Å². The predicted molar refractivity (Wildman–Crippen MR) is 103 cm³/mol. The molecule has 3 rings (SSSR count). The van der Waals surface area contributed by atoms with Crippen LogP contribution in [-0.4, -0.2) is 37.9 Å². The second-order valence-electron chi connectivity index (χ2n) is 6.74. The molecule has 0 bridgehead atoms. The molecular formula is C22H24O6. The highest BCUT2D eigenvalue weighted by Gasteiger charge is 2.18. The van der Waals surface area contributed by atoms with Crippen LogP contribution >= 0.6 is 0 Å². The van der Waals surface area contributed by atoms with Crippen molar-refractivity contribution in [3.05, 3.63) is 59.2 Å². The lowest BCUT2D eigenvalue weighted by molar-refractivity contribution is -0.136. The Kier molecular flexibility index (Phi) is 6.66. The number of ether oxygens (including phenoxy) is 4. The summed E-state index contributed by atoms with van der Waals surface area (Å²) in [5.41, 5.74) is 2.31. The van der Waals surface area contributed by atoms with E-state index in [4.69, 9.17) is 18.9 Å². The van der Waals surface area contributed by atoms with Gasteiger partial charge in [0.25, 0.3) is 0 Å². The molecule has 1 saturated heterocycles. The van der Waals surface area contributed by atoms with E-state index in [0.29, 0.717) is 17.1 Å². The Morgan fingerprint density at radius 3 is 2.43 bits per heavy atom. The van der Waals surface area contributed by atoms with Crippen molar-refractivity contribution in [2.24, 2.45) is 0 Å². The smallest absolute Gasteiger partial charge is 0.349 e. The van der Waals surface area contributed by atoms with E-state index in [-0.39, 0.29) is 19.3 Å². The van der Waals surface area contributed by atoms with Crippen molar-refractivity contribution in [2.75, 3.05) is 19.8 Å². The molecule has 1 aliphatic heterocycles. The summed E-state index contributed by atoms with van der Waals surface area (Å²) in [5, 5.41) is 0.